The summed E-state index contributed by atoms with van der Waals surface area (Å²) in [7, 11) is -2.03. The van der Waals surface area contributed by atoms with Crippen LogP contribution in [-0.2, 0) is 11.8 Å². The minimum absolute atomic E-state index is 0.0186. The van der Waals surface area contributed by atoms with Crippen molar-refractivity contribution in [1.82, 2.24) is 4.98 Å². The van der Waals surface area contributed by atoms with Crippen molar-refractivity contribution in [3.8, 4) is 5.88 Å². The number of nitrogens with one attached hydrogen (secondary N) is 1. The van der Waals surface area contributed by atoms with Crippen LogP contribution in [0, 0.1) is 5.82 Å². The van der Waals surface area contributed by atoms with Crippen molar-refractivity contribution < 1.29 is 8.82 Å². The lowest BCUT2D eigenvalue weighted by Crippen LogP contribution is -2.44. The molecular weight excluding hydrogens is 355 g/mol. The first-order chi connectivity index (χ1) is 12.4. The van der Waals surface area contributed by atoms with E-state index in [1.165, 1.54) is 12.1 Å². The highest BCUT2D eigenvalue weighted by Gasteiger charge is 2.41. The van der Waals surface area contributed by atoms with Gasteiger partial charge in [0.05, 0.1) is 11.4 Å². The molecule has 3 nitrogen and oxygen atoms in total. The molecule has 1 N–H and O–H groups in total. The highest BCUT2D eigenvalue weighted by atomic mass is 28.4. The summed E-state index contributed by atoms with van der Waals surface area (Å²) >= 11 is 0. The fourth-order valence-electron chi connectivity index (χ4n) is 3.02. The van der Waals surface area contributed by atoms with E-state index in [1.807, 2.05) is 12.1 Å². The van der Waals surface area contributed by atoms with E-state index in [4.69, 9.17) is 9.41 Å². The van der Waals surface area contributed by atoms with Crippen LogP contribution in [0.5, 0.6) is 5.88 Å². The molecule has 0 saturated heterocycles. The van der Waals surface area contributed by atoms with Gasteiger partial charge in [-0.2, -0.15) is 0 Å². The molecule has 0 bridgehead atoms. The van der Waals surface area contributed by atoms with Gasteiger partial charge in [-0.1, -0.05) is 46.8 Å². The largest absolute Gasteiger partial charge is 0.530 e. The van der Waals surface area contributed by atoms with Crippen molar-refractivity contribution in [1.29, 1.82) is 0 Å². The van der Waals surface area contributed by atoms with Crippen molar-refractivity contribution in [3.05, 3.63) is 53.0 Å². The molecule has 0 amide bonds. The van der Waals surface area contributed by atoms with Gasteiger partial charge in [0.25, 0.3) is 8.32 Å². The Kier molecular flexibility index (Phi) is 4.87. The normalized spacial score (nSPS) is 16.0. The zero-order valence-electron chi connectivity index (χ0n) is 17.5. The van der Waals surface area contributed by atoms with Crippen molar-refractivity contribution in [3.63, 3.8) is 0 Å². The summed E-state index contributed by atoms with van der Waals surface area (Å²) in [4.78, 5) is 4.99. The molecule has 0 atom stereocenters. The van der Waals surface area contributed by atoms with Gasteiger partial charge in [-0.15, -0.1) is 0 Å². The number of halogens is 1. The standard InChI is InChI=1S/C22H31FN2OSi/c1-21(2,3)27(6,7)26-20-16(12-15-8-10-17(23)11-9-15)13-18-19(25-20)22(4,5)14-24-18/h8-11,13,24H,12,14H2,1-7H3. The summed E-state index contributed by atoms with van der Waals surface area (Å²) in [6.07, 6.45) is 0.673. The van der Waals surface area contributed by atoms with Gasteiger partial charge in [-0.25, -0.2) is 9.37 Å². The predicted molar refractivity (Wildman–Crippen MR) is 113 cm³/mol. The Hall–Kier alpha value is -1.88. The molecule has 2 heterocycles. The molecule has 0 fully saturated rings. The molecule has 146 valence electrons. The number of anilines is 1. The van der Waals surface area contributed by atoms with Crippen LogP contribution < -0.4 is 9.74 Å². The summed E-state index contributed by atoms with van der Waals surface area (Å²) in [5, 5.41) is 3.57. The first-order valence-electron chi connectivity index (χ1n) is 9.61. The maximum Gasteiger partial charge on any atom is 0.252 e. The second-order valence-electron chi connectivity index (χ2n) is 9.75. The SMILES string of the molecule is CC1(C)CNc2cc(Cc3ccc(F)cc3)c(O[Si](C)(C)C(C)(C)C)nc21. The van der Waals surface area contributed by atoms with E-state index in [9.17, 15) is 4.39 Å². The van der Waals surface area contributed by atoms with E-state index >= 15 is 0 Å². The Balaban J connectivity index is 2.04. The monoisotopic (exact) mass is 386 g/mol. The van der Waals surface area contributed by atoms with Crippen LogP contribution in [0.4, 0.5) is 10.1 Å². The predicted octanol–water partition coefficient (Wildman–Crippen LogP) is 5.90. The van der Waals surface area contributed by atoms with Crippen molar-refractivity contribution in [2.24, 2.45) is 0 Å². The second-order valence-corrected chi connectivity index (χ2v) is 14.5. The molecule has 27 heavy (non-hydrogen) atoms. The zero-order valence-corrected chi connectivity index (χ0v) is 18.5. The number of aromatic nitrogens is 1. The van der Waals surface area contributed by atoms with E-state index in [2.05, 4.69) is 59.1 Å². The van der Waals surface area contributed by atoms with E-state index in [0.717, 1.165) is 34.9 Å². The summed E-state index contributed by atoms with van der Waals surface area (Å²) in [5.74, 6) is 0.522. The number of nitrogens with zero attached hydrogens (tertiary/aromatic N) is 1. The fourth-order valence-corrected chi connectivity index (χ4v) is 3.99. The minimum Gasteiger partial charge on any atom is -0.530 e. The Morgan fingerprint density at radius 2 is 1.81 bits per heavy atom. The number of hydrogen-bond acceptors (Lipinski definition) is 3. The van der Waals surface area contributed by atoms with Gasteiger partial charge in [0, 0.05) is 23.9 Å². The zero-order chi connectivity index (χ0) is 20.0. The molecule has 1 aliphatic rings. The third-order valence-corrected chi connectivity index (χ3v) is 10.2. The van der Waals surface area contributed by atoms with Crippen molar-refractivity contribution in [2.45, 2.75) is 64.6 Å². The summed E-state index contributed by atoms with van der Waals surface area (Å²) in [6.45, 7) is 16.5. The summed E-state index contributed by atoms with van der Waals surface area (Å²) in [5.41, 5.74) is 4.24. The number of fused-ring (bicyclic) bond motifs is 1. The van der Waals surface area contributed by atoms with Gasteiger partial charge in [0.15, 0.2) is 0 Å². The molecule has 1 aromatic carbocycles. The van der Waals surface area contributed by atoms with Crippen LogP contribution in [0.25, 0.3) is 0 Å². The summed E-state index contributed by atoms with van der Waals surface area (Å²) in [6, 6.07) is 8.84. The number of hydrogen-bond donors (Lipinski definition) is 1. The lowest BCUT2D eigenvalue weighted by atomic mass is 9.91. The molecule has 1 aromatic heterocycles. The van der Waals surface area contributed by atoms with Gasteiger partial charge in [-0.05, 0) is 41.9 Å². The topological polar surface area (TPSA) is 34.1 Å². The van der Waals surface area contributed by atoms with Crippen LogP contribution >= 0.6 is 0 Å². The van der Waals surface area contributed by atoms with E-state index in [0.29, 0.717) is 6.42 Å². The molecular formula is C22H31FN2OSi. The van der Waals surface area contributed by atoms with Crippen LogP contribution in [0.1, 0.15) is 51.4 Å². The highest BCUT2D eigenvalue weighted by molar-refractivity contribution is 6.74. The van der Waals surface area contributed by atoms with Crippen LogP contribution in [0.15, 0.2) is 30.3 Å². The third-order valence-electron chi connectivity index (χ3n) is 5.89. The maximum absolute atomic E-state index is 13.3. The van der Waals surface area contributed by atoms with Gasteiger partial charge < -0.3 is 9.74 Å². The minimum atomic E-state index is -2.03. The number of benzene rings is 1. The average molecular weight is 387 g/mol. The fraction of sp³-hybridized carbons (Fsp3) is 0.500. The highest BCUT2D eigenvalue weighted by Crippen LogP contribution is 2.42. The van der Waals surface area contributed by atoms with E-state index in [1.54, 1.807) is 0 Å². The molecule has 5 heteroatoms. The molecule has 3 rings (SSSR count). The lowest BCUT2D eigenvalue weighted by Gasteiger charge is -2.36. The molecule has 0 saturated carbocycles. The van der Waals surface area contributed by atoms with Gasteiger partial charge in [0.2, 0.25) is 5.88 Å². The Morgan fingerprint density at radius 1 is 1.19 bits per heavy atom. The Bertz CT molecular complexity index is 839. The van der Waals surface area contributed by atoms with Crippen LogP contribution in [-0.4, -0.2) is 19.8 Å². The van der Waals surface area contributed by atoms with Crippen molar-refractivity contribution in [2.75, 3.05) is 11.9 Å². The van der Waals surface area contributed by atoms with Gasteiger partial charge in [-0.3, -0.25) is 0 Å². The van der Waals surface area contributed by atoms with Gasteiger partial charge >= 0.3 is 0 Å². The molecule has 0 radical (unpaired) electrons. The maximum atomic E-state index is 13.3. The number of pyridine rings is 1. The van der Waals surface area contributed by atoms with Crippen LogP contribution in [0.3, 0.4) is 0 Å². The first kappa shape index (κ1) is 19.9. The smallest absolute Gasteiger partial charge is 0.252 e. The third kappa shape index (κ3) is 4.03. The Morgan fingerprint density at radius 3 is 2.41 bits per heavy atom. The lowest BCUT2D eigenvalue weighted by molar-refractivity contribution is 0.463. The summed E-state index contributed by atoms with van der Waals surface area (Å²) < 4.78 is 19.9. The molecule has 2 aromatic rings. The quantitative estimate of drug-likeness (QED) is 0.664. The van der Waals surface area contributed by atoms with E-state index < -0.39 is 8.32 Å². The average Bonchev–Trinajstić information content (AvgIpc) is 2.83. The molecule has 0 unspecified atom stereocenters. The van der Waals surface area contributed by atoms with Gasteiger partial charge in [0.1, 0.15) is 5.82 Å². The number of rotatable bonds is 4. The van der Waals surface area contributed by atoms with Crippen LogP contribution in [0.2, 0.25) is 18.1 Å². The first-order valence-corrected chi connectivity index (χ1v) is 12.5. The van der Waals surface area contributed by atoms with Crippen molar-refractivity contribution >= 4 is 14.0 Å². The second kappa shape index (κ2) is 6.62. The molecule has 1 aliphatic heterocycles. The van der Waals surface area contributed by atoms with E-state index in [-0.39, 0.29) is 16.3 Å². The molecule has 0 aliphatic carbocycles. The Labute approximate surface area is 163 Å². The molecule has 0 spiro atoms.